The molecule has 2 aromatic rings. The van der Waals surface area contributed by atoms with Crippen molar-refractivity contribution in [3.8, 4) is 0 Å². The Morgan fingerprint density at radius 3 is 2.67 bits per heavy atom. The molecule has 1 unspecified atom stereocenters. The first kappa shape index (κ1) is 28.9. The first-order valence-electron chi connectivity index (χ1n) is 10.7. The summed E-state index contributed by atoms with van der Waals surface area (Å²) >= 11 is 10.9. The molecule has 0 saturated carbocycles. The fourth-order valence-electron chi connectivity index (χ4n) is 3.58. The molecule has 1 fully saturated rings. The molecule has 39 heavy (non-hydrogen) atoms. The molecule has 0 aromatic carbocycles. The van der Waals surface area contributed by atoms with E-state index in [2.05, 4.69) is 20.4 Å². The number of β-lactam (4-membered cyclic amide) rings is 1. The average Bonchev–Trinajstić information content (AvgIpc) is 3.38. The molecule has 14 nitrogen and oxygen atoms in total. The molecule has 4 heterocycles. The van der Waals surface area contributed by atoms with Gasteiger partial charge in [-0.05, 0) is 6.92 Å². The Kier molecular flexibility index (Phi) is 8.90. The minimum atomic E-state index is -1.60. The number of hydrogen-bond acceptors (Lipinski definition) is 14. The number of oxime groups is 1. The lowest BCUT2D eigenvalue weighted by Crippen LogP contribution is -2.70. The van der Waals surface area contributed by atoms with E-state index in [9.17, 15) is 24.3 Å². The Morgan fingerprint density at radius 1 is 1.31 bits per heavy atom. The van der Waals surface area contributed by atoms with Gasteiger partial charge in [0, 0.05) is 22.0 Å². The summed E-state index contributed by atoms with van der Waals surface area (Å²) in [4.78, 5) is 63.4. The van der Waals surface area contributed by atoms with E-state index in [-0.39, 0.29) is 38.9 Å². The molecule has 0 bridgehead atoms. The molecule has 2 aliphatic heterocycles. The summed E-state index contributed by atoms with van der Waals surface area (Å²) in [7, 11) is 1.23. The highest BCUT2D eigenvalue weighted by atomic mass is 35.5. The van der Waals surface area contributed by atoms with Gasteiger partial charge >= 0.3 is 12.1 Å². The number of thiazole rings is 2. The highest BCUT2D eigenvalue weighted by Gasteiger charge is 2.54. The van der Waals surface area contributed by atoms with Crippen LogP contribution in [0.25, 0.3) is 0 Å². The summed E-state index contributed by atoms with van der Waals surface area (Å²) in [6.45, 7) is 1.71. The third-order valence-corrected chi connectivity index (χ3v) is 10.1. The molecule has 2 atom stereocenters. The van der Waals surface area contributed by atoms with Crippen molar-refractivity contribution in [1.82, 2.24) is 20.2 Å². The molecule has 208 valence electrons. The highest BCUT2D eigenvalue weighted by molar-refractivity contribution is 8.01. The summed E-state index contributed by atoms with van der Waals surface area (Å²) in [5, 5.41) is 24.1. The Labute approximate surface area is 241 Å². The molecule has 4 rings (SSSR count). The van der Waals surface area contributed by atoms with Crippen LogP contribution in [0.4, 0.5) is 9.93 Å². The molecule has 2 amide bonds. The number of nitrogens with two attached hydrogens (primary N) is 1. The first-order valence-corrected chi connectivity index (χ1v) is 14.8. The van der Waals surface area contributed by atoms with Gasteiger partial charge in [-0.1, -0.05) is 39.9 Å². The van der Waals surface area contributed by atoms with E-state index in [1.807, 2.05) is 0 Å². The number of nitrogens with zero attached hydrogens (tertiary/aromatic N) is 4. The second-order valence-corrected chi connectivity index (χ2v) is 12.8. The van der Waals surface area contributed by atoms with Crippen molar-refractivity contribution in [2.75, 3.05) is 24.3 Å². The van der Waals surface area contributed by atoms with Crippen molar-refractivity contribution in [1.29, 1.82) is 0 Å². The third-order valence-electron chi connectivity index (χ3n) is 5.24. The first-order chi connectivity index (χ1) is 18.5. The topological polar surface area (TPSA) is 207 Å². The van der Waals surface area contributed by atoms with Crippen molar-refractivity contribution in [3.05, 3.63) is 32.1 Å². The van der Waals surface area contributed by atoms with Crippen molar-refractivity contribution >= 4 is 92.6 Å². The second-order valence-electron chi connectivity index (χ2n) is 7.78. The number of carbonyl (C=O) groups excluding carboxylic acids is 2. The second kappa shape index (κ2) is 12.0. The van der Waals surface area contributed by atoms with E-state index in [1.54, 1.807) is 6.92 Å². The maximum absolute atomic E-state index is 13.1. The number of nitrogens with one attached hydrogen (secondary N) is 1. The SMILES string of the molecule is CON=C(C(=O)NC1C(=O)N2C(OC(=O)O)=C(CSc3nc(C)c(CC(=O)O)s3)CS[C@@H]12)c1nc(N)sc1Cl. The van der Waals surface area contributed by atoms with E-state index in [4.69, 9.17) is 32.0 Å². The zero-order valence-electron chi connectivity index (χ0n) is 20.0. The van der Waals surface area contributed by atoms with Crippen molar-refractivity contribution in [2.45, 2.75) is 29.1 Å². The molecule has 0 spiro atoms. The largest absolute Gasteiger partial charge is 0.512 e. The Hall–Kier alpha value is -3.06. The molecular weight excluding hydrogens is 616 g/mol. The van der Waals surface area contributed by atoms with Crippen molar-refractivity contribution < 1.29 is 39.0 Å². The predicted octanol–water partition coefficient (Wildman–Crippen LogP) is 2.22. The number of fused-ring (bicyclic) bond motifs is 1. The number of hydrogen-bond donors (Lipinski definition) is 4. The van der Waals surface area contributed by atoms with Crippen molar-refractivity contribution in [2.24, 2.45) is 5.16 Å². The van der Waals surface area contributed by atoms with Crippen LogP contribution in [0.2, 0.25) is 4.34 Å². The van der Waals surface area contributed by atoms with Crippen LogP contribution in [-0.4, -0.2) is 84.8 Å². The summed E-state index contributed by atoms with van der Waals surface area (Å²) in [5.74, 6) is -1.92. The van der Waals surface area contributed by atoms with Gasteiger partial charge in [0.2, 0.25) is 5.88 Å². The number of aryl methyl sites for hydroxylation is 1. The normalized spacial score (nSPS) is 18.9. The van der Waals surface area contributed by atoms with Gasteiger partial charge in [-0.3, -0.25) is 19.3 Å². The van der Waals surface area contributed by atoms with Crippen LogP contribution < -0.4 is 11.1 Å². The van der Waals surface area contributed by atoms with E-state index >= 15 is 0 Å². The van der Waals surface area contributed by atoms with Gasteiger partial charge in [0.05, 0.1) is 12.1 Å². The third kappa shape index (κ3) is 6.24. The lowest BCUT2D eigenvalue weighted by Gasteiger charge is -2.49. The van der Waals surface area contributed by atoms with Gasteiger partial charge in [-0.25, -0.2) is 14.8 Å². The Bertz CT molecular complexity index is 1410. The number of aromatic nitrogens is 2. The van der Waals surface area contributed by atoms with Gasteiger partial charge in [0.1, 0.15) is 28.6 Å². The van der Waals surface area contributed by atoms with E-state index in [0.29, 0.717) is 26.2 Å². The summed E-state index contributed by atoms with van der Waals surface area (Å²) < 4.78 is 5.70. The van der Waals surface area contributed by atoms with E-state index in [1.165, 1.54) is 46.9 Å². The maximum atomic E-state index is 13.1. The minimum Gasteiger partial charge on any atom is -0.481 e. The van der Waals surface area contributed by atoms with Crippen LogP contribution in [0.3, 0.4) is 0 Å². The van der Waals surface area contributed by atoms with Gasteiger partial charge in [0.25, 0.3) is 11.8 Å². The molecule has 2 aliphatic rings. The highest BCUT2D eigenvalue weighted by Crippen LogP contribution is 2.42. The number of thioether (sulfide) groups is 2. The lowest BCUT2D eigenvalue weighted by molar-refractivity contribution is -0.148. The van der Waals surface area contributed by atoms with Crippen LogP contribution in [0.5, 0.6) is 0 Å². The number of nitrogen functional groups attached to an aromatic ring is 1. The maximum Gasteiger partial charge on any atom is 0.512 e. The van der Waals surface area contributed by atoms with Crippen LogP contribution in [-0.2, 0) is 30.4 Å². The summed E-state index contributed by atoms with van der Waals surface area (Å²) in [6, 6.07) is -1.01. The van der Waals surface area contributed by atoms with Crippen LogP contribution in [0, 0.1) is 6.92 Å². The zero-order valence-corrected chi connectivity index (χ0v) is 24.0. The fraction of sp³-hybridized carbons (Fsp3) is 0.350. The molecule has 1 saturated heterocycles. The number of carboxylic acid groups (broad SMARTS) is 2. The fourth-order valence-corrected chi connectivity index (χ4v) is 8.18. The molecular formula is C20H19ClN6O8S4. The minimum absolute atomic E-state index is 0.00326. The summed E-state index contributed by atoms with van der Waals surface area (Å²) in [6.07, 6.45) is -1.75. The van der Waals surface area contributed by atoms with Crippen LogP contribution in [0.1, 0.15) is 16.3 Å². The quantitative estimate of drug-likeness (QED) is 0.0973. The molecule has 19 heteroatoms. The number of carboxylic acids is 1. The number of amides is 2. The molecule has 0 radical (unpaired) electrons. The molecule has 0 aliphatic carbocycles. The lowest BCUT2D eigenvalue weighted by atomic mass is 10.1. The number of ether oxygens (including phenoxy) is 1. The zero-order chi connectivity index (χ0) is 28.4. The van der Waals surface area contributed by atoms with Crippen LogP contribution >= 0.6 is 57.8 Å². The van der Waals surface area contributed by atoms with Crippen molar-refractivity contribution in [3.63, 3.8) is 0 Å². The number of carbonyl (C=O) groups is 4. The molecule has 2 aromatic heterocycles. The van der Waals surface area contributed by atoms with Gasteiger partial charge in [-0.2, -0.15) is 0 Å². The van der Waals surface area contributed by atoms with E-state index in [0.717, 1.165) is 11.3 Å². The summed E-state index contributed by atoms with van der Waals surface area (Å²) in [5.41, 5.74) is 6.51. The molecule has 5 N–H and O–H groups in total. The Morgan fingerprint density at radius 2 is 2.05 bits per heavy atom. The van der Waals surface area contributed by atoms with E-state index < -0.39 is 35.4 Å². The number of halogens is 1. The smallest absolute Gasteiger partial charge is 0.481 e. The Balaban J connectivity index is 1.50. The number of anilines is 1. The van der Waals surface area contributed by atoms with Crippen LogP contribution in [0.15, 0.2) is 21.0 Å². The monoisotopic (exact) mass is 634 g/mol. The predicted molar refractivity (Wildman–Crippen MR) is 145 cm³/mol. The van der Waals surface area contributed by atoms with Gasteiger partial charge in [-0.15, -0.1) is 23.1 Å². The van der Waals surface area contributed by atoms with Gasteiger partial charge in [0.15, 0.2) is 15.2 Å². The number of rotatable bonds is 10. The standard InChI is InChI=1S/C20H19ClN6O8S4/c1-6-8(3-9(28)29)38-19(23-6)37-5-7-4-36-17-12(15(31)27(17)16(7)35-20(32)33)24-14(30)11(26-34-2)10-13(21)39-18(22)25-10/h12,17H,3-5H2,1-2H3,(H2,22,25)(H,24,30)(H,28,29)(H,32,33)/t12?,17-/m0/s1. The average molecular weight is 635 g/mol. The van der Waals surface area contributed by atoms with Gasteiger partial charge < -0.3 is 30.8 Å². The number of aliphatic carboxylic acids is 1.